The summed E-state index contributed by atoms with van der Waals surface area (Å²) in [4.78, 5) is 32.4. The lowest BCUT2D eigenvalue weighted by Crippen LogP contribution is -2.32. The average Bonchev–Trinajstić information content (AvgIpc) is 3.62. The van der Waals surface area contributed by atoms with E-state index in [4.69, 9.17) is 13.9 Å². The molecule has 1 aliphatic heterocycles. The zero-order valence-corrected chi connectivity index (χ0v) is 22.3. The second-order valence-corrected chi connectivity index (χ2v) is 9.73. The van der Waals surface area contributed by atoms with E-state index in [2.05, 4.69) is 18.8 Å². The van der Waals surface area contributed by atoms with E-state index in [0.29, 0.717) is 61.5 Å². The van der Waals surface area contributed by atoms with Crippen molar-refractivity contribution in [2.24, 2.45) is 5.92 Å². The van der Waals surface area contributed by atoms with Crippen LogP contribution in [0.2, 0.25) is 0 Å². The minimum Gasteiger partial charge on any atom is -0.503 e. The Labute approximate surface area is 222 Å². The van der Waals surface area contributed by atoms with Crippen molar-refractivity contribution in [2.45, 2.75) is 53.1 Å². The van der Waals surface area contributed by atoms with Crippen LogP contribution in [-0.4, -0.2) is 51.0 Å². The molecule has 1 amide bonds. The highest BCUT2D eigenvalue weighted by Gasteiger charge is 2.44. The van der Waals surface area contributed by atoms with E-state index in [1.54, 1.807) is 43.7 Å². The third-order valence-electron chi connectivity index (χ3n) is 6.42. The summed E-state index contributed by atoms with van der Waals surface area (Å²) >= 11 is 0. The molecule has 1 aromatic carbocycles. The summed E-state index contributed by atoms with van der Waals surface area (Å²) in [6, 6.07) is 7.81. The molecule has 9 heteroatoms. The maximum Gasteiger partial charge on any atom is 0.290 e. The van der Waals surface area contributed by atoms with Gasteiger partial charge in [0.2, 0.25) is 5.78 Å². The fourth-order valence-corrected chi connectivity index (χ4v) is 4.48. The van der Waals surface area contributed by atoms with Crippen molar-refractivity contribution in [3.63, 3.8) is 0 Å². The molecule has 3 heterocycles. The minimum atomic E-state index is -0.813. The minimum absolute atomic E-state index is 0.0112. The first-order chi connectivity index (χ1) is 18.3. The van der Waals surface area contributed by atoms with Gasteiger partial charge < -0.3 is 28.5 Å². The molecule has 0 saturated heterocycles. The van der Waals surface area contributed by atoms with Crippen molar-refractivity contribution in [3.8, 4) is 11.5 Å². The van der Waals surface area contributed by atoms with Crippen LogP contribution in [0.1, 0.15) is 61.5 Å². The summed E-state index contributed by atoms with van der Waals surface area (Å²) < 4.78 is 19.3. The van der Waals surface area contributed by atoms with Gasteiger partial charge >= 0.3 is 0 Å². The van der Waals surface area contributed by atoms with Gasteiger partial charge in [-0.1, -0.05) is 19.9 Å². The Bertz CT molecular complexity index is 1290. The Morgan fingerprint density at radius 2 is 1.97 bits per heavy atom. The molecule has 0 spiro atoms. The predicted octanol–water partition coefficient (Wildman–Crippen LogP) is 5.28. The van der Waals surface area contributed by atoms with Crippen LogP contribution in [0.25, 0.3) is 0 Å². The highest BCUT2D eigenvalue weighted by Crippen LogP contribution is 2.42. The third kappa shape index (κ3) is 5.93. The molecule has 38 heavy (non-hydrogen) atoms. The quantitative estimate of drug-likeness (QED) is 0.305. The lowest BCUT2D eigenvalue weighted by Gasteiger charge is -2.27. The number of carbonyl (C=O) groups is 2. The average molecular weight is 522 g/mol. The van der Waals surface area contributed by atoms with Crippen LogP contribution in [0.4, 0.5) is 0 Å². The van der Waals surface area contributed by atoms with Crippen LogP contribution >= 0.6 is 0 Å². The molecule has 0 radical (unpaired) electrons. The number of aryl methyl sites for hydroxylation is 2. The fourth-order valence-electron chi connectivity index (χ4n) is 4.48. The number of hydrogen-bond acceptors (Lipinski definition) is 7. The molecule has 1 unspecified atom stereocenters. The number of ketones is 1. The van der Waals surface area contributed by atoms with Crippen molar-refractivity contribution in [1.29, 1.82) is 0 Å². The second kappa shape index (κ2) is 12.0. The number of hydrogen-bond donors (Lipinski definition) is 1. The van der Waals surface area contributed by atoms with Crippen LogP contribution in [0.5, 0.6) is 11.5 Å². The Morgan fingerprint density at radius 1 is 1.16 bits per heavy atom. The molecular weight excluding hydrogens is 486 g/mol. The highest BCUT2D eigenvalue weighted by atomic mass is 16.5. The number of imidazole rings is 1. The molecule has 0 bridgehead atoms. The highest BCUT2D eigenvalue weighted by molar-refractivity contribution is 6.15. The molecule has 9 nitrogen and oxygen atoms in total. The van der Waals surface area contributed by atoms with Crippen molar-refractivity contribution in [1.82, 2.24) is 14.5 Å². The number of benzene rings is 1. The Kier molecular flexibility index (Phi) is 8.55. The van der Waals surface area contributed by atoms with E-state index < -0.39 is 23.5 Å². The summed E-state index contributed by atoms with van der Waals surface area (Å²) in [5, 5.41) is 10.9. The van der Waals surface area contributed by atoms with Crippen molar-refractivity contribution < 1.29 is 28.6 Å². The molecule has 0 fully saturated rings. The van der Waals surface area contributed by atoms with Gasteiger partial charge in [0.15, 0.2) is 23.0 Å². The molecule has 202 valence electrons. The fraction of sp³-hybridized carbons (Fsp3) is 0.414. The van der Waals surface area contributed by atoms with E-state index >= 15 is 0 Å². The molecule has 1 N–H and O–H groups in total. The number of aromatic nitrogens is 2. The lowest BCUT2D eigenvalue weighted by molar-refractivity contribution is -0.129. The maximum atomic E-state index is 13.5. The zero-order chi connectivity index (χ0) is 27.2. The molecule has 1 aliphatic rings. The van der Waals surface area contributed by atoms with Crippen molar-refractivity contribution in [3.05, 3.63) is 77.5 Å². The largest absolute Gasteiger partial charge is 0.503 e. The number of carbonyl (C=O) groups excluding carboxylic acids is 2. The van der Waals surface area contributed by atoms with Gasteiger partial charge in [-0.2, -0.15) is 0 Å². The second-order valence-electron chi connectivity index (χ2n) is 9.73. The summed E-state index contributed by atoms with van der Waals surface area (Å²) in [6.45, 7) is 9.78. The standard InChI is InChI=1S/C29H35N3O6/c1-5-36-24-17-21(8-10-22(24)37-16-11-19(2)3)26-25(27(33)23-9-7-20(4)38-23)28(34)29(35)32(26)14-6-13-31-15-12-30-18-31/h7-10,12,15,17-19,26,34H,5-6,11,13-14,16H2,1-4H3. The normalized spacial score (nSPS) is 15.6. The third-order valence-corrected chi connectivity index (χ3v) is 6.42. The SMILES string of the molecule is CCOc1cc(C2C(C(=O)c3ccc(C)o3)=C(O)C(=O)N2CCCn2ccnc2)ccc1OCCC(C)C. The van der Waals surface area contributed by atoms with Gasteiger partial charge in [0.05, 0.1) is 31.2 Å². The number of nitrogens with zero attached hydrogens (tertiary/aromatic N) is 3. The first kappa shape index (κ1) is 27.0. The van der Waals surface area contributed by atoms with E-state index in [9.17, 15) is 14.7 Å². The number of rotatable bonds is 13. The van der Waals surface area contributed by atoms with E-state index in [-0.39, 0.29) is 11.3 Å². The molecule has 4 rings (SSSR count). The van der Waals surface area contributed by atoms with E-state index in [1.807, 2.05) is 23.8 Å². The monoisotopic (exact) mass is 521 g/mol. The maximum absolute atomic E-state index is 13.5. The topological polar surface area (TPSA) is 107 Å². The number of aliphatic hydroxyl groups excluding tert-OH is 1. The van der Waals surface area contributed by atoms with E-state index in [0.717, 1.165) is 6.42 Å². The summed E-state index contributed by atoms with van der Waals surface area (Å²) in [6.07, 6.45) is 6.74. The van der Waals surface area contributed by atoms with Gasteiger partial charge in [-0.25, -0.2) is 4.98 Å². The molecule has 0 saturated carbocycles. The van der Waals surface area contributed by atoms with Gasteiger partial charge in [0.1, 0.15) is 5.76 Å². The summed E-state index contributed by atoms with van der Waals surface area (Å²) in [5.41, 5.74) is 0.624. The number of aliphatic hydroxyl groups is 1. The molecular formula is C29H35N3O6. The Hall–Kier alpha value is -4.01. The molecule has 3 aromatic rings. The number of amides is 1. The Balaban J connectivity index is 1.68. The Morgan fingerprint density at radius 3 is 2.63 bits per heavy atom. The first-order valence-corrected chi connectivity index (χ1v) is 13.0. The number of ether oxygens (including phenoxy) is 2. The zero-order valence-electron chi connectivity index (χ0n) is 22.3. The predicted molar refractivity (Wildman–Crippen MR) is 141 cm³/mol. The number of Topliss-reactive ketones (excluding diaryl/α,β-unsaturated/α-hetero) is 1. The lowest BCUT2D eigenvalue weighted by atomic mass is 9.94. The van der Waals surface area contributed by atoms with Crippen LogP contribution in [0, 0.1) is 12.8 Å². The van der Waals surface area contributed by atoms with Gasteiger partial charge in [0.25, 0.3) is 5.91 Å². The van der Waals surface area contributed by atoms with Gasteiger partial charge in [0, 0.05) is 25.5 Å². The summed E-state index contributed by atoms with van der Waals surface area (Å²) in [5.74, 6) is 0.558. The van der Waals surface area contributed by atoms with E-state index in [1.165, 1.54) is 4.90 Å². The molecule has 2 aromatic heterocycles. The number of furan rings is 1. The van der Waals surface area contributed by atoms with Crippen LogP contribution in [0.3, 0.4) is 0 Å². The molecule has 1 atom stereocenters. The van der Waals surface area contributed by atoms with Gasteiger partial charge in [-0.05, 0) is 62.4 Å². The first-order valence-electron chi connectivity index (χ1n) is 13.0. The van der Waals surface area contributed by atoms with Crippen LogP contribution in [-0.2, 0) is 11.3 Å². The van der Waals surface area contributed by atoms with Crippen molar-refractivity contribution >= 4 is 11.7 Å². The van der Waals surface area contributed by atoms with Gasteiger partial charge in [-0.3, -0.25) is 9.59 Å². The van der Waals surface area contributed by atoms with Crippen molar-refractivity contribution in [2.75, 3.05) is 19.8 Å². The molecule has 0 aliphatic carbocycles. The summed E-state index contributed by atoms with van der Waals surface area (Å²) in [7, 11) is 0. The van der Waals surface area contributed by atoms with Crippen LogP contribution in [0.15, 0.2) is 64.8 Å². The van der Waals surface area contributed by atoms with Crippen LogP contribution < -0.4 is 9.47 Å². The smallest absolute Gasteiger partial charge is 0.290 e. The van der Waals surface area contributed by atoms with Gasteiger partial charge in [-0.15, -0.1) is 0 Å².